The van der Waals surface area contributed by atoms with Crippen molar-refractivity contribution < 1.29 is 14.6 Å². The van der Waals surface area contributed by atoms with E-state index in [4.69, 9.17) is 4.74 Å². The predicted octanol–water partition coefficient (Wildman–Crippen LogP) is 1.92. The number of hydrogen-bond donors (Lipinski definition) is 2. The van der Waals surface area contributed by atoms with Crippen LogP contribution in [0.5, 0.6) is 11.5 Å². The van der Waals surface area contributed by atoms with Crippen LogP contribution < -0.4 is 10.1 Å². The van der Waals surface area contributed by atoms with Crippen LogP contribution in [-0.2, 0) is 4.79 Å². The van der Waals surface area contributed by atoms with Crippen LogP contribution >= 0.6 is 0 Å². The molecular weight excluding hydrogens is 194 g/mol. The van der Waals surface area contributed by atoms with Crippen molar-refractivity contribution in [2.75, 3.05) is 12.4 Å². The second-order valence-electron chi connectivity index (χ2n) is 3.12. The molecule has 0 heterocycles. The third-order valence-electron chi connectivity index (χ3n) is 1.83. The van der Waals surface area contributed by atoms with Crippen molar-refractivity contribution in [2.45, 2.75) is 6.92 Å². The van der Waals surface area contributed by atoms with Crippen molar-refractivity contribution in [1.29, 1.82) is 0 Å². The number of carbonyl (C=O) groups is 1. The Kier molecular flexibility index (Phi) is 3.33. The summed E-state index contributed by atoms with van der Waals surface area (Å²) in [6, 6.07) is 4.57. The minimum absolute atomic E-state index is 0.0332. The number of anilines is 1. The minimum atomic E-state index is -0.261. The van der Waals surface area contributed by atoms with Crippen LogP contribution in [-0.4, -0.2) is 18.1 Å². The maximum Gasteiger partial charge on any atom is 0.250 e. The third-order valence-corrected chi connectivity index (χ3v) is 1.83. The Bertz CT molecular complexity index is 399. The second kappa shape index (κ2) is 4.50. The highest BCUT2D eigenvalue weighted by molar-refractivity contribution is 6.02. The van der Waals surface area contributed by atoms with E-state index >= 15 is 0 Å². The van der Waals surface area contributed by atoms with Crippen LogP contribution in [0.3, 0.4) is 0 Å². The summed E-state index contributed by atoms with van der Waals surface area (Å²) in [4.78, 5) is 11.3. The summed E-state index contributed by atoms with van der Waals surface area (Å²) < 4.78 is 4.90. The molecule has 1 aromatic carbocycles. The molecule has 1 rings (SSSR count). The van der Waals surface area contributed by atoms with E-state index < -0.39 is 0 Å². The molecule has 15 heavy (non-hydrogen) atoms. The third kappa shape index (κ3) is 2.74. The van der Waals surface area contributed by atoms with E-state index in [1.807, 2.05) is 0 Å². The lowest BCUT2D eigenvalue weighted by molar-refractivity contribution is -0.112. The molecule has 0 bridgehead atoms. The molecule has 0 unspecified atom stereocenters. The van der Waals surface area contributed by atoms with Gasteiger partial charge >= 0.3 is 0 Å². The maximum absolute atomic E-state index is 11.3. The molecule has 80 valence electrons. The first kappa shape index (κ1) is 11.1. The van der Waals surface area contributed by atoms with Gasteiger partial charge in [-0.3, -0.25) is 4.79 Å². The van der Waals surface area contributed by atoms with Crippen molar-refractivity contribution in [3.05, 3.63) is 30.4 Å². The molecule has 2 N–H and O–H groups in total. The number of phenolic OH excluding ortho intramolecular Hbond substituents is 1. The molecule has 0 aliphatic carbocycles. The Morgan fingerprint density at radius 1 is 1.53 bits per heavy atom. The molecule has 1 aromatic rings. The Balaban J connectivity index is 2.87. The summed E-state index contributed by atoms with van der Waals surface area (Å²) in [7, 11) is 1.44. The summed E-state index contributed by atoms with van der Waals surface area (Å²) in [6.45, 7) is 5.14. The zero-order chi connectivity index (χ0) is 11.4. The second-order valence-corrected chi connectivity index (χ2v) is 3.12. The van der Waals surface area contributed by atoms with Gasteiger partial charge in [0.2, 0.25) is 0 Å². The van der Waals surface area contributed by atoms with E-state index in [1.54, 1.807) is 13.0 Å². The van der Waals surface area contributed by atoms with Crippen LogP contribution in [0, 0.1) is 0 Å². The fourth-order valence-corrected chi connectivity index (χ4v) is 0.993. The number of amides is 1. The van der Waals surface area contributed by atoms with Gasteiger partial charge in [-0.15, -0.1) is 0 Å². The number of hydrogen-bond acceptors (Lipinski definition) is 3. The molecular formula is C11H13NO3. The van der Waals surface area contributed by atoms with Crippen molar-refractivity contribution in [3.8, 4) is 11.5 Å². The van der Waals surface area contributed by atoms with E-state index in [0.717, 1.165) is 0 Å². The van der Waals surface area contributed by atoms with Gasteiger partial charge in [0.05, 0.1) is 7.11 Å². The van der Waals surface area contributed by atoms with E-state index in [-0.39, 0.29) is 11.7 Å². The maximum atomic E-state index is 11.3. The lowest BCUT2D eigenvalue weighted by Gasteiger charge is -2.07. The SMILES string of the molecule is C=C(C)C(=O)Nc1ccc(O)c(OC)c1. The van der Waals surface area contributed by atoms with E-state index in [0.29, 0.717) is 17.0 Å². The zero-order valence-corrected chi connectivity index (χ0v) is 8.70. The first-order valence-electron chi connectivity index (χ1n) is 4.38. The van der Waals surface area contributed by atoms with Gasteiger partial charge in [0.1, 0.15) is 0 Å². The highest BCUT2D eigenvalue weighted by Crippen LogP contribution is 2.28. The summed E-state index contributed by atoms with van der Waals surface area (Å²) in [6.07, 6.45) is 0. The fraction of sp³-hybridized carbons (Fsp3) is 0.182. The van der Waals surface area contributed by atoms with Crippen LogP contribution in [0.15, 0.2) is 30.4 Å². The van der Waals surface area contributed by atoms with Crippen molar-refractivity contribution in [2.24, 2.45) is 0 Å². The van der Waals surface area contributed by atoms with Gasteiger partial charge in [0.15, 0.2) is 11.5 Å². The molecule has 0 aliphatic heterocycles. The molecule has 0 saturated heterocycles. The van der Waals surface area contributed by atoms with E-state index in [2.05, 4.69) is 11.9 Å². The predicted molar refractivity (Wildman–Crippen MR) is 58.1 cm³/mol. The molecule has 0 radical (unpaired) electrons. The van der Waals surface area contributed by atoms with Gasteiger partial charge in [-0.05, 0) is 19.1 Å². The molecule has 0 saturated carbocycles. The molecule has 0 aliphatic rings. The van der Waals surface area contributed by atoms with Gasteiger partial charge in [-0.1, -0.05) is 6.58 Å². The Labute approximate surface area is 88.2 Å². The molecule has 1 amide bonds. The van der Waals surface area contributed by atoms with E-state index in [1.165, 1.54) is 19.2 Å². The van der Waals surface area contributed by atoms with Crippen molar-refractivity contribution in [1.82, 2.24) is 0 Å². The largest absolute Gasteiger partial charge is 0.504 e. The van der Waals surface area contributed by atoms with Gasteiger partial charge < -0.3 is 15.2 Å². The van der Waals surface area contributed by atoms with Crippen LogP contribution in [0.2, 0.25) is 0 Å². The van der Waals surface area contributed by atoms with Crippen LogP contribution in [0.4, 0.5) is 5.69 Å². The Morgan fingerprint density at radius 3 is 2.73 bits per heavy atom. The number of phenols is 1. The van der Waals surface area contributed by atoms with Gasteiger partial charge in [-0.25, -0.2) is 0 Å². The smallest absolute Gasteiger partial charge is 0.250 e. The average molecular weight is 207 g/mol. The Hall–Kier alpha value is -1.97. The molecule has 0 fully saturated rings. The van der Waals surface area contributed by atoms with Gasteiger partial charge in [0, 0.05) is 17.3 Å². The number of aromatic hydroxyl groups is 1. The number of nitrogens with one attached hydrogen (secondary N) is 1. The van der Waals surface area contributed by atoms with Crippen molar-refractivity contribution >= 4 is 11.6 Å². The summed E-state index contributed by atoms with van der Waals surface area (Å²) in [5.74, 6) is 0.0862. The quantitative estimate of drug-likeness (QED) is 0.588. The number of benzene rings is 1. The zero-order valence-electron chi connectivity index (χ0n) is 8.70. The fourth-order valence-electron chi connectivity index (χ4n) is 0.993. The van der Waals surface area contributed by atoms with E-state index in [9.17, 15) is 9.90 Å². The van der Waals surface area contributed by atoms with Crippen LogP contribution in [0.25, 0.3) is 0 Å². The molecule has 4 heteroatoms. The molecule has 0 aromatic heterocycles. The highest BCUT2D eigenvalue weighted by atomic mass is 16.5. The molecule has 0 atom stereocenters. The first-order chi connectivity index (χ1) is 7.04. The first-order valence-corrected chi connectivity index (χ1v) is 4.38. The van der Waals surface area contributed by atoms with Crippen molar-refractivity contribution in [3.63, 3.8) is 0 Å². The minimum Gasteiger partial charge on any atom is -0.504 e. The lowest BCUT2D eigenvalue weighted by atomic mass is 10.2. The average Bonchev–Trinajstić information content (AvgIpc) is 2.20. The van der Waals surface area contributed by atoms with Gasteiger partial charge in [-0.2, -0.15) is 0 Å². The summed E-state index contributed by atoms with van der Waals surface area (Å²) in [5, 5.41) is 11.9. The van der Waals surface area contributed by atoms with Crippen LogP contribution in [0.1, 0.15) is 6.92 Å². The molecule has 0 spiro atoms. The monoisotopic (exact) mass is 207 g/mol. The van der Waals surface area contributed by atoms with Gasteiger partial charge in [0.25, 0.3) is 5.91 Å². The number of ether oxygens (including phenoxy) is 1. The number of carbonyl (C=O) groups excluding carboxylic acids is 1. The number of rotatable bonds is 3. The summed E-state index contributed by atoms with van der Waals surface area (Å²) >= 11 is 0. The Morgan fingerprint density at radius 2 is 2.20 bits per heavy atom. The standard InChI is InChI=1S/C11H13NO3/c1-7(2)11(14)12-8-4-5-9(13)10(6-8)15-3/h4-6,13H,1H2,2-3H3,(H,12,14). The highest BCUT2D eigenvalue weighted by Gasteiger charge is 2.06. The summed E-state index contributed by atoms with van der Waals surface area (Å²) in [5.41, 5.74) is 0.972. The topological polar surface area (TPSA) is 58.6 Å². The normalized spacial score (nSPS) is 9.47. The molecule has 4 nitrogen and oxygen atoms in total. The lowest BCUT2D eigenvalue weighted by Crippen LogP contribution is -2.11. The number of methoxy groups -OCH3 is 1.